The standard InChI is InChI=1S/C11H11N5O/c12-16-6-8-5-7(10-3-4-13-15-10)1-2-9(8)14-11(16)17/h1-5H,6,12H2,(H,13,15)(H,14,17). The lowest BCUT2D eigenvalue weighted by atomic mass is 10.0. The molecule has 0 unspecified atom stereocenters. The number of nitrogens with two attached hydrogens (primary N) is 1. The van der Waals surface area contributed by atoms with E-state index in [0.29, 0.717) is 6.54 Å². The zero-order chi connectivity index (χ0) is 11.8. The number of aromatic amines is 1. The van der Waals surface area contributed by atoms with E-state index in [1.165, 1.54) is 0 Å². The fourth-order valence-electron chi connectivity index (χ4n) is 1.87. The smallest absolute Gasteiger partial charge is 0.306 e. The molecule has 0 bridgehead atoms. The highest BCUT2D eigenvalue weighted by Crippen LogP contribution is 2.27. The molecule has 0 aliphatic carbocycles. The van der Waals surface area contributed by atoms with Gasteiger partial charge >= 0.3 is 6.03 Å². The highest BCUT2D eigenvalue weighted by atomic mass is 16.2. The number of amides is 2. The molecule has 1 aromatic carbocycles. The molecule has 0 saturated heterocycles. The Morgan fingerprint density at radius 1 is 1.35 bits per heavy atom. The third kappa shape index (κ3) is 1.64. The number of benzene rings is 1. The van der Waals surface area contributed by atoms with E-state index in [-0.39, 0.29) is 6.03 Å². The minimum Gasteiger partial charge on any atom is -0.306 e. The lowest BCUT2D eigenvalue weighted by molar-refractivity contribution is 0.208. The molecular weight excluding hydrogens is 218 g/mol. The predicted octanol–water partition coefficient (Wildman–Crippen LogP) is 1.30. The van der Waals surface area contributed by atoms with Crippen LogP contribution in [0.3, 0.4) is 0 Å². The number of carbonyl (C=O) groups is 1. The van der Waals surface area contributed by atoms with Gasteiger partial charge in [0.15, 0.2) is 0 Å². The van der Waals surface area contributed by atoms with Gasteiger partial charge in [0.1, 0.15) is 0 Å². The number of hydrazine groups is 1. The first-order valence-corrected chi connectivity index (χ1v) is 5.20. The van der Waals surface area contributed by atoms with Crippen molar-refractivity contribution in [3.8, 4) is 11.3 Å². The van der Waals surface area contributed by atoms with Crippen LogP contribution in [0.5, 0.6) is 0 Å². The molecule has 86 valence electrons. The highest BCUT2D eigenvalue weighted by Gasteiger charge is 2.20. The largest absolute Gasteiger partial charge is 0.336 e. The van der Waals surface area contributed by atoms with E-state index >= 15 is 0 Å². The summed E-state index contributed by atoms with van der Waals surface area (Å²) in [5, 5.41) is 10.7. The molecule has 4 N–H and O–H groups in total. The molecule has 2 amide bonds. The zero-order valence-electron chi connectivity index (χ0n) is 8.97. The van der Waals surface area contributed by atoms with Gasteiger partial charge in [-0.15, -0.1) is 0 Å². The van der Waals surface area contributed by atoms with Crippen molar-refractivity contribution < 1.29 is 4.79 Å². The summed E-state index contributed by atoms with van der Waals surface area (Å²) in [6.07, 6.45) is 1.70. The van der Waals surface area contributed by atoms with Crippen molar-refractivity contribution in [2.24, 2.45) is 5.84 Å². The second kappa shape index (κ2) is 3.60. The van der Waals surface area contributed by atoms with Gasteiger partial charge in [-0.05, 0) is 23.8 Å². The van der Waals surface area contributed by atoms with Gasteiger partial charge in [-0.1, -0.05) is 6.07 Å². The van der Waals surface area contributed by atoms with Crippen LogP contribution in [0.1, 0.15) is 5.56 Å². The maximum atomic E-state index is 11.3. The number of urea groups is 1. The summed E-state index contributed by atoms with van der Waals surface area (Å²) < 4.78 is 0. The number of fused-ring (bicyclic) bond motifs is 1. The molecule has 6 heteroatoms. The minimum atomic E-state index is -0.285. The lowest BCUT2D eigenvalue weighted by Crippen LogP contribution is -2.43. The van der Waals surface area contributed by atoms with Crippen LogP contribution in [-0.4, -0.2) is 21.2 Å². The van der Waals surface area contributed by atoms with E-state index in [0.717, 1.165) is 27.5 Å². The normalized spacial score (nSPS) is 14.4. The summed E-state index contributed by atoms with van der Waals surface area (Å²) in [5.41, 5.74) is 3.75. The fourth-order valence-corrected chi connectivity index (χ4v) is 1.87. The number of rotatable bonds is 1. The third-order valence-corrected chi connectivity index (χ3v) is 2.76. The molecule has 0 atom stereocenters. The second-order valence-electron chi connectivity index (χ2n) is 3.90. The van der Waals surface area contributed by atoms with Crippen molar-refractivity contribution in [3.63, 3.8) is 0 Å². The number of nitrogens with one attached hydrogen (secondary N) is 2. The monoisotopic (exact) mass is 229 g/mol. The van der Waals surface area contributed by atoms with Crippen LogP contribution in [0.25, 0.3) is 11.3 Å². The van der Waals surface area contributed by atoms with E-state index < -0.39 is 0 Å². The number of hydrogen-bond acceptors (Lipinski definition) is 3. The van der Waals surface area contributed by atoms with Crippen molar-refractivity contribution >= 4 is 11.7 Å². The number of H-pyrrole nitrogens is 1. The van der Waals surface area contributed by atoms with Gasteiger partial charge in [0.05, 0.1) is 12.2 Å². The van der Waals surface area contributed by atoms with Crippen LogP contribution in [0.2, 0.25) is 0 Å². The SMILES string of the molecule is NN1Cc2cc(-c3ccn[nH]3)ccc2NC1=O. The van der Waals surface area contributed by atoms with Gasteiger partial charge in [0.25, 0.3) is 0 Å². The highest BCUT2D eigenvalue weighted by molar-refractivity contribution is 5.92. The zero-order valence-corrected chi connectivity index (χ0v) is 8.97. The summed E-state index contributed by atoms with van der Waals surface area (Å²) in [4.78, 5) is 11.3. The molecule has 1 aliphatic heterocycles. The number of hydrogen-bond donors (Lipinski definition) is 3. The van der Waals surface area contributed by atoms with Gasteiger partial charge in [-0.25, -0.2) is 10.6 Å². The van der Waals surface area contributed by atoms with Crippen LogP contribution < -0.4 is 11.2 Å². The van der Waals surface area contributed by atoms with Gasteiger partial charge in [0.2, 0.25) is 0 Å². The maximum absolute atomic E-state index is 11.3. The van der Waals surface area contributed by atoms with E-state index in [9.17, 15) is 4.79 Å². The van der Waals surface area contributed by atoms with Crippen LogP contribution >= 0.6 is 0 Å². The topological polar surface area (TPSA) is 87.0 Å². The first-order chi connectivity index (χ1) is 8.24. The van der Waals surface area contributed by atoms with Crippen molar-refractivity contribution in [3.05, 3.63) is 36.0 Å². The first-order valence-electron chi connectivity index (χ1n) is 5.20. The van der Waals surface area contributed by atoms with E-state index in [4.69, 9.17) is 5.84 Å². The molecule has 6 nitrogen and oxygen atoms in total. The average molecular weight is 229 g/mol. The second-order valence-corrected chi connectivity index (χ2v) is 3.90. The number of aromatic nitrogens is 2. The molecule has 1 aromatic heterocycles. The van der Waals surface area contributed by atoms with Crippen LogP contribution in [-0.2, 0) is 6.54 Å². The Morgan fingerprint density at radius 3 is 3.00 bits per heavy atom. The summed E-state index contributed by atoms with van der Waals surface area (Å²) in [7, 11) is 0. The summed E-state index contributed by atoms with van der Waals surface area (Å²) in [6, 6.07) is 7.40. The average Bonchev–Trinajstić information content (AvgIpc) is 2.83. The predicted molar refractivity (Wildman–Crippen MR) is 62.8 cm³/mol. The molecule has 0 spiro atoms. The molecule has 3 rings (SSSR count). The van der Waals surface area contributed by atoms with Gasteiger partial charge in [-0.3, -0.25) is 10.1 Å². The molecule has 17 heavy (non-hydrogen) atoms. The molecule has 2 heterocycles. The quantitative estimate of drug-likeness (QED) is 0.508. The Hall–Kier alpha value is -2.34. The Balaban J connectivity index is 2.02. The number of nitrogens with zero attached hydrogens (tertiary/aromatic N) is 2. The summed E-state index contributed by atoms with van der Waals surface area (Å²) >= 11 is 0. The first kappa shape index (κ1) is 9.86. The van der Waals surface area contributed by atoms with Crippen molar-refractivity contribution in [1.29, 1.82) is 0 Å². The van der Waals surface area contributed by atoms with E-state index in [2.05, 4.69) is 15.5 Å². The number of carbonyl (C=O) groups excluding carboxylic acids is 1. The van der Waals surface area contributed by atoms with Crippen LogP contribution in [0.4, 0.5) is 10.5 Å². The summed E-state index contributed by atoms with van der Waals surface area (Å²) in [6.45, 7) is 0.406. The summed E-state index contributed by atoms with van der Waals surface area (Å²) in [5.74, 6) is 5.56. The minimum absolute atomic E-state index is 0.285. The van der Waals surface area contributed by atoms with Crippen LogP contribution in [0.15, 0.2) is 30.5 Å². The maximum Gasteiger partial charge on any atom is 0.336 e. The van der Waals surface area contributed by atoms with Gasteiger partial charge < -0.3 is 5.32 Å². The molecule has 0 fully saturated rings. The number of anilines is 1. The Morgan fingerprint density at radius 2 is 2.24 bits per heavy atom. The third-order valence-electron chi connectivity index (χ3n) is 2.76. The van der Waals surface area contributed by atoms with Crippen molar-refractivity contribution in [2.45, 2.75) is 6.54 Å². The Labute approximate surface area is 97.4 Å². The van der Waals surface area contributed by atoms with Crippen LogP contribution in [0, 0.1) is 0 Å². The fraction of sp³-hybridized carbons (Fsp3) is 0.0909. The molecule has 1 aliphatic rings. The van der Waals surface area contributed by atoms with Gasteiger partial charge in [-0.2, -0.15) is 5.10 Å². The molecule has 2 aromatic rings. The van der Waals surface area contributed by atoms with Crippen molar-refractivity contribution in [1.82, 2.24) is 15.2 Å². The van der Waals surface area contributed by atoms with E-state index in [1.54, 1.807) is 6.20 Å². The Bertz CT molecular complexity index is 563. The lowest BCUT2D eigenvalue weighted by Gasteiger charge is -2.25. The Kier molecular flexibility index (Phi) is 2.09. The molecule has 0 radical (unpaired) electrons. The van der Waals surface area contributed by atoms with E-state index in [1.807, 2.05) is 24.3 Å². The van der Waals surface area contributed by atoms with Gasteiger partial charge in [0, 0.05) is 17.4 Å². The van der Waals surface area contributed by atoms with Crippen molar-refractivity contribution in [2.75, 3.05) is 5.32 Å². The molecule has 0 saturated carbocycles. The molecular formula is C11H11N5O.